The van der Waals surface area contributed by atoms with Crippen LogP contribution >= 0.6 is 0 Å². The summed E-state index contributed by atoms with van der Waals surface area (Å²) in [7, 11) is 0. The molecule has 0 aliphatic carbocycles. The summed E-state index contributed by atoms with van der Waals surface area (Å²) < 4.78 is 0. The summed E-state index contributed by atoms with van der Waals surface area (Å²) in [6.45, 7) is 7.25. The molecule has 0 aliphatic heterocycles. The quantitative estimate of drug-likeness (QED) is 0.745. The standard InChI is InChI=1S/C14H21N/c1-11-7-8-13(3)14(10-11)12(2)6-4-5-9-15/h6-8,10H,4-5,9,15H2,1-3H3/b12-6+. The van der Waals surface area contributed by atoms with Crippen molar-refractivity contribution in [3.63, 3.8) is 0 Å². The van der Waals surface area contributed by atoms with E-state index in [1.807, 2.05) is 0 Å². The van der Waals surface area contributed by atoms with Crippen LogP contribution in [0.4, 0.5) is 0 Å². The van der Waals surface area contributed by atoms with E-state index < -0.39 is 0 Å². The molecule has 0 fully saturated rings. The van der Waals surface area contributed by atoms with Crippen LogP contribution in [0.2, 0.25) is 0 Å². The van der Waals surface area contributed by atoms with E-state index in [0.717, 1.165) is 19.4 Å². The molecule has 15 heavy (non-hydrogen) atoms. The van der Waals surface area contributed by atoms with Crippen molar-refractivity contribution in [3.8, 4) is 0 Å². The number of allylic oxidation sites excluding steroid dienone is 2. The zero-order valence-electron chi connectivity index (χ0n) is 10.0. The number of hydrogen-bond donors (Lipinski definition) is 1. The molecule has 1 aromatic carbocycles. The monoisotopic (exact) mass is 203 g/mol. The minimum atomic E-state index is 0.774. The van der Waals surface area contributed by atoms with E-state index in [0.29, 0.717) is 0 Å². The zero-order chi connectivity index (χ0) is 11.3. The lowest BCUT2D eigenvalue weighted by Gasteiger charge is -2.07. The third-order valence-corrected chi connectivity index (χ3v) is 2.68. The van der Waals surface area contributed by atoms with Crippen LogP contribution in [0.5, 0.6) is 0 Å². The van der Waals surface area contributed by atoms with Gasteiger partial charge in [0.2, 0.25) is 0 Å². The van der Waals surface area contributed by atoms with Gasteiger partial charge >= 0.3 is 0 Å². The van der Waals surface area contributed by atoms with Gasteiger partial charge in [-0.05, 0) is 56.9 Å². The van der Waals surface area contributed by atoms with Gasteiger partial charge in [-0.1, -0.05) is 29.8 Å². The maximum Gasteiger partial charge on any atom is -0.00743 e. The van der Waals surface area contributed by atoms with Crippen molar-refractivity contribution in [1.82, 2.24) is 0 Å². The van der Waals surface area contributed by atoms with Crippen LogP contribution in [-0.4, -0.2) is 6.54 Å². The van der Waals surface area contributed by atoms with E-state index in [1.165, 1.54) is 22.3 Å². The molecule has 1 heteroatoms. The van der Waals surface area contributed by atoms with Crippen molar-refractivity contribution in [2.24, 2.45) is 5.73 Å². The first-order chi connectivity index (χ1) is 7.15. The van der Waals surface area contributed by atoms with Gasteiger partial charge in [0.05, 0.1) is 0 Å². The third kappa shape index (κ3) is 3.52. The average molecular weight is 203 g/mol. The zero-order valence-corrected chi connectivity index (χ0v) is 10.0. The Labute approximate surface area is 93.0 Å². The van der Waals surface area contributed by atoms with Gasteiger partial charge < -0.3 is 5.73 Å². The van der Waals surface area contributed by atoms with Gasteiger partial charge in [0.15, 0.2) is 0 Å². The topological polar surface area (TPSA) is 26.0 Å². The van der Waals surface area contributed by atoms with Crippen LogP contribution in [0.15, 0.2) is 24.3 Å². The van der Waals surface area contributed by atoms with Gasteiger partial charge in [0.1, 0.15) is 0 Å². The molecule has 1 nitrogen and oxygen atoms in total. The van der Waals surface area contributed by atoms with Crippen molar-refractivity contribution >= 4 is 5.57 Å². The first kappa shape index (κ1) is 12.0. The molecule has 0 atom stereocenters. The Morgan fingerprint density at radius 3 is 2.73 bits per heavy atom. The Kier molecular flexibility index (Phi) is 4.57. The van der Waals surface area contributed by atoms with E-state index in [-0.39, 0.29) is 0 Å². The van der Waals surface area contributed by atoms with Crippen molar-refractivity contribution in [2.75, 3.05) is 6.54 Å². The first-order valence-electron chi connectivity index (χ1n) is 5.59. The Morgan fingerprint density at radius 1 is 1.33 bits per heavy atom. The summed E-state index contributed by atoms with van der Waals surface area (Å²) in [5.74, 6) is 0. The lowest BCUT2D eigenvalue weighted by atomic mass is 9.98. The number of benzene rings is 1. The minimum absolute atomic E-state index is 0.774. The molecule has 0 spiro atoms. The molecule has 0 aliphatic rings. The summed E-state index contributed by atoms with van der Waals surface area (Å²) in [5, 5.41) is 0. The highest BCUT2D eigenvalue weighted by Gasteiger charge is 2.00. The summed E-state index contributed by atoms with van der Waals surface area (Å²) >= 11 is 0. The summed E-state index contributed by atoms with van der Waals surface area (Å²) in [5.41, 5.74) is 10.9. The van der Waals surface area contributed by atoms with Gasteiger partial charge in [0, 0.05) is 0 Å². The second-order valence-electron chi connectivity index (χ2n) is 4.14. The van der Waals surface area contributed by atoms with Crippen LogP contribution in [0, 0.1) is 13.8 Å². The van der Waals surface area contributed by atoms with Crippen LogP contribution in [0.3, 0.4) is 0 Å². The molecule has 0 heterocycles. The Balaban J connectivity index is 2.85. The number of aryl methyl sites for hydroxylation is 2. The van der Waals surface area contributed by atoms with Gasteiger partial charge in [-0.3, -0.25) is 0 Å². The van der Waals surface area contributed by atoms with Crippen molar-refractivity contribution in [2.45, 2.75) is 33.6 Å². The van der Waals surface area contributed by atoms with Gasteiger partial charge in [-0.2, -0.15) is 0 Å². The van der Waals surface area contributed by atoms with E-state index in [4.69, 9.17) is 5.73 Å². The number of unbranched alkanes of at least 4 members (excludes halogenated alkanes) is 1. The third-order valence-electron chi connectivity index (χ3n) is 2.68. The second-order valence-corrected chi connectivity index (χ2v) is 4.14. The fraction of sp³-hybridized carbons (Fsp3) is 0.429. The lowest BCUT2D eigenvalue weighted by molar-refractivity contribution is 0.855. The van der Waals surface area contributed by atoms with Crippen molar-refractivity contribution < 1.29 is 0 Å². The van der Waals surface area contributed by atoms with Crippen LogP contribution in [0.1, 0.15) is 36.5 Å². The molecule has 82 valence electrons. The number of hydrogen-bond acceptors (Lipinski definition) is 1. The first-order valence-corrected chi connectivity index (χ1v) is 5.59. The maximum atomic E-state index is 5.48. The van der Waals surface area contributed by atoms with Gasteiger partial charge in [-0.25, -0.2) is 0 Å². The van der Waals surface area contributed by atoms with Gasteiger partial charge in [0.25, 0.3) is 0 Å². The fourth-order valence-electron chi connectivity index (χ4n) is 1.71. The molecule has 1 rings (SSSR count). The smallest absolute Gasteiger partial charge is 0.00743 e. The molecule has 0 bridgehead atoms. The highest BCUT2D eigenvalue weighted by Crippen LogP contribution is 2.20. The van der Waals surface area contributed by atoms with E-state index in [9.17, 15) is 0 Å². The molecule has 0 saturated heterocycles. The highest BCUT2D eigenvalue weighted by molar-refractivity contribution is 5.66. The molecule has 0 unspecified atom stereocenters. The molecule has 0 aromatic heterocycles. The maximum absolute atomic E-state index is 5.48. The van der Waals surface area contributed by atoms with Crippen LogP contribution in [0.25, 0.3) is 5.57 Å². The summed E-state index contributed by atoms with van der Waals surface area (Å²) in [4.78, 5) is 0. The van der Waals surface area contributed by atoms with Crippen LogP contribution in [-0.2, 0) is 0 Å². The molecule has 0 radical (unpaired) electrons. The number of nitrogens with two attached hydrogens (primary N) is 1. The Bertz CT molecular complexity index is 350. The largest absolute Gasteiger partial charge is 0.330 e. The van der Waals surface area contributed by atoms with Gasteiger partial charge in [-0.15, -0.1) is 0 Å². The Morgan fingerprint density at radius 2 is 2.07 bits per heavy atom. The summed E-state index contributed by atoms with van der Waals surface area (Å²) in [6.07, 6.45) is 4.44. The normalized spacial score (nSPS) is 11.9. The fourth-order valence-corrected chi connectivity index (χ4v) is 1.71. The predicted molar refractivity (Wildman–Crippen MR) is 67.9 cm³/mol. The van der Waals surface area contributed by atoms with E-state index >= 15 is 0 Å². The number of rotatable bonds is 4. The summed E-state index contributed by atoms with van der Waals surface area (Å²) in [6, 6.07) is 6.60. The second kappa shape index (κ2) is 5.72. The SMILES string of the molecule is C/C(=C\CCCN)c1cc(C)ccc1C. The van der Waals surface area contributed by atoms with Crippen LogP contribution < -0.4 is 5.73 Å². The molecular weight excluding hydrogens is 182 g/mol. The minimum Gasteiger partial charge on any atom is -0.330 e. The predicted octanol–water partition coefficient (Wildman–Crippen LogP) is 3.45. The van der Waals surface area contributed by atoms with E-state index in [1.54, 1.807) is 0 Å². The molecular formula is C14H21N. The molecule has 2 N–H and O–H groups in total. The highest BCUT2D eigenvalue weighted by atomic mass is 14.5. The lowest BCUT2D eigenvalue weighted by Crippen LogP contribution is -1.96. The Hall–Kier alpha value is -1.08. The molecule has 0 amide bonds. The average Bonchev–Trinajstić information content (AvgIpc) is 2.22. The molecule has 0 saturated carbocycles. The van der Waals surface area contributed by atoms with E-state index in [2.05, 4.69) is 45.0 Å². The molecule has 1 aromatic rings. The van der Waals surface area contributed by atoms with Crippen molar-refractivity contribution in [3.05, 3.63) is 41.0 Å². The van der Waals surface area contributed by atoms with Crippen molar-refractivity contribution in [1.29, 1.82) is 0 Å².